The third-order valence-electron chi connectivity index (χ3n) is 14.1. The van der Waals surface area contributed by atoms with Gasteiger partial charge in [0.2, 0.25) is 17.3 Å². The maximum atomic E-state index is 13.3. The number of ketones is 3. The number of carbonyl (C=O) groups is 6. The van der Waals surface area contributed by atoms with Crippen LogP contribution < -0.4 is 0 Å². The Morgan fingerprint density at radius 2 is 0.613 bits per heavy atom. The molecule has 384 valence electrons. The Morgan fingerprint density at radius 3 is 0.827 bits per heavy atom. The van der Waals surface area contributed by atoms with Crippen molar-refractivity contribution in [3.63, 3.8) is 0 Å². The number of Topliss-reactive ketones (excluding diaryl/α,β-unsaturated/α-hetero) is 3. The van der Waals surface area contributed by atoms with E-state index in [1.165, 1.54) is 0 Å². The highest BCUT2D eigenvalue weighted by Gasteiger charge is 2.49. The molecule has 0 saturated carbocycles. The molecule has 12 heteroatoms. The van der Waals surface area contributed by atoms with Crippen LogP contribution in [0, 0.1) is 41.5 Å². The van der Waals surface area contributed by atoms with Crippen molar-refractivity contribution in [3.8, 4) is 0 Å². The molecule has 0 spiro atoms. The first kappa shape index (κ1) is 54.5. The Balaban J connectivity index is 0.000000164. The number of aliphatic imine (C=N–C) groups is 3. The molecule has 3 aliphatic rings. The average molecular weight is 1010 g/mol. The lowest BCUT2D eigenvalue weighted by molar-refractivity contribution is -0.137. The van der Waals surface area contributed by atoms with Crippen LogP contribution in [0.1, 0.15) is 108 Å². The highest BCUT2D eigenvalue weighted by Crippen LogP contribution is 2.47. The van der Waals surface area contributed by atoms with E-state index in [0.717, 1.165) is 66.8 Å². The zero-order valence-corrected chi connectivity index (χ0v) is 44.8. The number of rotatable bonds is 9. The molecule has 12 nitrogen and oxygen atoms in total. The van der Waals surface area contributed by atoms with Crippen molar-refractivity contribution < 1.29 is 43.0 Å². The smallest absolute Gasteiger partial charge is 0.360 e. The number of esters is 3. The van der Waals surface area contributed by atoms with E-state index < -0.39 is 34.2 Å². The summed E-state index contributed by atoms with van der Waals surface area (Å²) in [5.74, 6) is -2.97. The summed E-state index contributed by atoms with van der Waals surface area (Å²) in [5, 5.41) is 0. The second kappa shape index (κ2) is 22.1. The van der Waals surface area contributed by atoms with E-state index in [4.69, 9.17) is 14.2 Å². The van der Waals surface area contributed by atoms with E-state index in [1.807, 2.05) is 190 Å². The van der Waals surface area contributed by atoms with Crippen molar-refractivity contribution in [1.82, 2.24) is 0 Å². The van der Waals surface area contributed by atoms with Gasteiger partial charge in [0.15, 0.2) is 17.1 Å². The topological polar surface area (TPSA) is 167 Å². The van der Waals surface area contributed by atoms with E-state index in [-0.39, 0.29) is 54.3 Å². The van der Waals surface area contributed by atoms with Crippen LogP contribution >= 0.6 is 0 Å². The highest BCUT2D eigenvalue weighted by molar-refractivity contribution is 6.68. The third kappa shape index (κ3) is 10.1. The molecule has 0 N–H and O–H groups in total. The maximum absolute atomic E-state index is 13.3. The van der Waals surface area contributed by atoms with Crippen molar-refractivity contribution in [2.45, 2.75) is 99.3 Å². The molecule has 0 aromatic heterocycles. The van der Waals surface area contributed by atoms with Crippen LogP contribution in [0.25, 0.3) is 0 Å². The Hall–Kier alpha value is -8.25. The van der Waals surface area contributed by atoms with Gasteiger partial charge in [-0.15, -0.1) is 0 Å². The lowest BCUT2D eigenvalue weighted by Gasteiger charge is -2.34. The molecule has 3 atom stereocenters. The fourth-order valence-electron chi connectivity index (χ4n) is 10.2. The normalized spacial score (nSPS) is 19.2. The predicted octanol–water partition coefficient (Wildman–Crippen LogP) is 11.5. The molecule has 9 rings (SSSR count). The minimum Gasteiger partial charge on any atom is -0.461 e. The maximum Gasteiger partial charge on any atom is 0.360 e. The van der Waals surface area contributed by atoms with Crippen LogP contribution in [0.5, 0.6) is 0 Å². The molecule has 3 heterocycles. The van der Waals surface area contributed by atoms with E-state index in [2.05, 4.69) is 15.0 Å². The van der Waals surface area contributed by atoms with Gasteiger partial charge in [0, 0.05) is 0 Å². The SMILES string of the molecule is CCOC(=O)C1=Nc2c(C)cc(C)cc2[C@@](C)(c2ccccc2)C1=O.CCOC(=O)C1=Nc2c(C)cc(C)cc2[C@@](C)(c2ccccc2)C1=O.CCOC(=O)C1=Nc2c(C)cc(C)cc2[C@](C)(c2ccccc2)C1=O. The number of nitrogens with zero attached hydrogens (tertiary/aromatic N) is 3. The van der Waals surface area contributed by atoms with Crippen LogP contribution in [0.4, 0.5) is 17.1 Å². The van der Waals surface area contributed by atoms with Gasteiger partial charge < -0.3 is 14.2 Å². The lowest BCUT2D eigenvalue weighted by Crippen LogP contribution is -2.45. The molecule has 75 heavy (non-hydrogen) atoms. The number of ether oxygens (including phenoxy) is 3. The van der Waals surface area contributed by atoms with Gasteiger partial charge in [-0.2, -0.15) is 0 Å². The van der Waals surface area contributed by atoms with Crippen LogP contribution in [0.2, 0.25) is 0 Å². The Morgan fingerprint density at radius 1 is 0.387 bits per heavy atom. The fourth-order valence-corrected chi connectivity index (χ4v) is 10.2. The first-order valence-electron chi connectivity index (χ1n) is 25.1. The van der Waals surface area contributed by atoms with Gasteiger partial charge in [0.1, 0.15) is 0 Å². The van der Waals surface area contributed by atoms with Crippen molar-refractivity contribution in [3.05, 3.63) is 194 Å². The predicted molar refractivity (Wildman–Crippen MR) is 293 cm³/mol. The average Bonchev–Trinajstić information content (AvgIpc) is 3.41. The van der Waals surface area contributed by atoms with Gasteiger partial charge in [-0.1, -0.05) is 144 Å². The molecular weight excluding hydrogens is 943 g/mol. The van der Waals surface area contributed by atoms with Gasteiger partial charge in [0.05, 0.1) is 53.1 Å². The summed E-state index contributed by atoms with van der Waals surface area (Å²) in [4.78, 5) is 90.2. The summed E-state index contributed by atoms with van der Waals surface area (Å²) in [5.41, 5.74) is 9.69. The molecule has 0 fully saturated rings. The van der Waals surface area contributed by atoms with Crippen molar-refractivity contribution >= 4 is 69.5 Å². The first-order chi connectivity index (χ1) is 35.7. The van der Waals surface area contributed by atoms with Crippen molar-refractivity contribution in [2.24, 2.45) is 15.0 Å². The molecule has 0 saturated heterocycles. The zero-order valence-electron chi connectivity index (χ0n) is 44.8. The molecular formula is C63H63N3O9. The summed E-state index contributed by atoms with van der Waals surface area (Å²) in [6.45, 7) is 23.1. The Labute approximate surface area is 439 Å². The number of benzene rings is 6. The third-order valence-corrected chi connectivity index (χ3v) is 14.1. The number of carbonyl (C=O) groups excluding carboxylic acids is 6. The number of hydrogen-bond donors (Lipinski definition) is 0. The zero-order chi connectivity index (χ0) is 54.6. The van der Waals surface area contributed by atoms with E-state index >= 15 is 0 Å². The molecule has 0 bridgehead atoms. The van der Waals surface area contributed by atoms with Gasteiger partial charge >= 0.3 is 17.9 Å². The number of fused-ring (bicyclic) bond motifs is 3. The standard InChI is InChI=1S/3C21H21NO3/c3*1-5-25-20(24)18-19(23)21(4,15-9-7-6-8-10-15)16-12-13(2)11-14(3)17(16)22-18/h3*6-12H,5H2,1-4H3/t3*21-/m110/s1. The van der Waals surface area contributed by atoms with Crippen LogP contribution in [0.3, 0.4) is 0 Å². The van der Waals surface area contributed by atoms with E-state index in [9.17, 15) is 28.8 Å². The highest BCUT2D eigenvalue weighted by atomic mass is 16.5. The molecule has 0 amide bonds. The van der Waals surface area contributed by atoms with Crippen LogP contribution in [-0.4, -0.2) is 72.2 Å². The molecule has 6 aromatic carbocycles. The summed E-state index contributed by atoms with van der Waals surface area (Å²) in [7, 11) is 0. The Bertz CT molecular complexity index is 3000. The first-order valence-corrected chi connectivity index (χ1v) is 25.1. The quantitative estimate of drug-likeness (QED) is 0.101. The summed E-state index contributed by atoms with van der Waals surface area (Å²) in [6.07, 6.45) is 0. The largest absolute Gasteiger partial charge is 0.461 e. The minimum absolute atomic E-state index is 0.132. The summed E-state index contributed by atoms with van der Waals surface area (Å²) >= 11 is 0. The minimum atomic E-state index is -0.975. The molecule has 0 aliphatic carbocycles. The second-order valence-corrected chi connectivity index (χ2v) is 19.4. The monoisotopic (exact) mass is 1010 g/mol. The molecule has 0 unspecified atom stereocenters. The number of aryl methyl sites for hydroxylation is 6. The van der Waals surface area contributed by atoms with Gasteiger partial charge in [-0.25, -0.2) is 29.4 Å². The van der Waals surface area contributed by atoms with Crippen molar-refractivity contribution in [2.75, 3.05) is 19.8 Å². The van der Waals surface area contributed by atoms with Gasteiger partial charge in [-0.05, 0) is 133 Å². The molecule has 0 radical (unpaired) electrons. The molecule has 3 aliphatic heterocycles. The lowest BCUT2D eigenvalue weighted by atomic mass is 9.68. The van der Waals surface area contributed by atoms with E-state index in [1.54, 1.807) is 20.8 Å². The van der Waals surface area contributed by atoms with E-state index in [0.29, 0.717) is 17.1 Å². The summed E-state index contributed by atoms with van der Waals surface area (Å²) < 4.78 is 15.2. The number of hydrogen-bond acceptors (Lipinski definition) is 12. The van der Waals surface area contributed by atoms with Gasteiger partial charge in [-0.3, -0.25) is 14.4 Å². The second-order valence-electron chi connectivity index (χ2n) is 19.4. The molecule has 6 aromatic rings. The summed E-state index contributed by atoms with van der Waals surface area (Å²) in [6, 6.07) is 40.5. The van der Waals surface area contributed by atoms with Crippen molar-refractivity contribution in [1.29, 1.82) is 0 Å². The Kier molecular flexibility index (Phi) is 16.0. The van der Waals surface area contributed by atoms with Crippen LogP contribution in [0.15, 0.2) is 142 Å². The van der Waals surface area contributed by atoms with Gasteiger partial charge in [0.25, 0.3) is 0 Å². The van der Waals surface area contributed by atoms with Crippen LogP contribution in [-0.2, 0) is 59.2 Å². The fraction of sp³-hybridized carbons (Fsp3) is 0.286.